The Kier molecular flexibility index (Phi) is 7.16. The van der Waals surface area contributed by atoms with Crippen molar-refractivity contribution >= 4 is 54.4 Å². The molecule has 186 valence electrons. The summed E-state index contributed by atoms with van der Waals surface area (Å²) in [5, 5.41) is 4.38. The van der Waals surface area contributed by atoms with Gasteiger partial charge in [0.25, 0.3) is 26.0 Å². The number of thiophene rings is 1. The van der Waals surface area contributed by atoms with E-state index in [1.165, 1.54) is 54.6 Å². The van der Waals surface area contributed by atoms with Gasteiger partial charge in [0.2, 0.25) is 0 Å². The third kappa shape index (κ3) is 5.76. The molecule has 4 rings (SSSR count). The van der Waals surface area contributed by atoms with E-state index in [0.29, 0.717) is 22.6 Å². The van der Waals surface area contributed by atoms with Crippen LogP contribution in [0.5, 0.6) is 0 Å². The fourth-order valence-corrected chi connectivity index (χ4v) is 6.66. The fourth-order valence-electron chi connectivity index (χ4n) is 3.40. The predicted molar refractivity (Wildman–Crippen MR) is 143 cm³/mol. The van der Waals surface area contributed by atoms with E-state index in [4.69, 9.17) is 0 Å². The maximum atomic E-state index is 12.8. The van der Waals surface area contributed by atoms with Gasteiger partial charge < -0.3 is 5.32 Å². The first kappa shape index (κ1) is 25.4. The summed E-state index contributed by atoms with van der Waals surface area (Å²) in [6.45, 7) is 3.66. The Labute approximate surface area is 214 Å². The third-order valence-electron chi connectivity index (χ3n) is 5.30. The van der Waals surface area contributed by atoms with Crippen molar-refractivity contribution in [3.63, 3.8) is 0 Å². The second kappa shape index (κ2) is 10.1. The van der Waals surface area contributed by atoms with Gasteiger partial charge in [-0.15, -0.1) is 11.3 Å². The molecule has 0 bridgehead atoms. The maximum Gasteiger partial charge on any atom is 0.271 e. The molecule has 0 aliphatic rings. The summed E-state index contributed by atoms with van der Waals surface area (Å²) < 4.78 is 55.6. The molecule has 0 radical (unpaired) electrons. The molecule has 0 fully saturated rings. The van der Waals surface area contributed by atoms with Crippen LogP contribution in [-0.4, -0.2) is 22.7 Å². The van der Waals surface area contributed by atoms with Gasteiger partial charge in [-0.2, -0.15) is 0 Å². The topological polar surface area (TPSA) is 121 Å². The van der Waals surface area contributed by atoms with E-state index >= 15 is 0 Å². The number of sulfonamides is 2. The quantitative estimate of drug-likeness (QED) is 0.282. The number of amides is 1. The van der Waals surface area contributed by atoms with E-state index in [9.17, 15) is 21.6 Å². The van der Waals surface area contributed by atoms with Crippen LogP contribution in [-0.2, 0) is 20.0 Å². The number of hydrogen-bond donors (Lipinski definition) is 3. The molecule has 3 N–H and O–H groups in total. The van der Waals surface area contributed by atoms with Gasteiger partial charge in [-0.05, 0) is 85.0 Å². The molecule has 0 aliphatic heterocycles. The van der Waals surface area contributed by atoms with Crippen molar-refractivity contribution < 1.29 is 21.6 Å². The molecular weight excluding hydrogens is 518 g/mol. The molecule has 0 atom stereocenters. The minimum atomic E-state index is -3.81. The highest BCUT2D eigenvalue weighted by atomic mass is 32.2. The zero-order valence-electron chi connectivity index (χ0n) is 19.3. The lowest BCUT2D eigenvalue weighted by Crippen LogP contribution is -2.15. The Balaban J connectivity index is 1.42. The largest absolute Gasteiger partial charge is 0.322 e. The van der Waals surface area contributed by atoms with Crippen LogP contribution >= 0.6 is 11.3 Å². The molecule has 1 aromatic heterocycles. The van der Waals surface area contributed by atoms with Crippen LogP contribution in [0.4, 0.5) is 17.1 Å². The Bertz CT molecular complexity index is 1580. The molecule has 0 unspecified atom stereocenters. The zero-order chi connectivity index (χ0) is 25.9. The molecule has 11 heteroatoms. The van der Waals surface area contributed by atoms with E-state index in [1.54, 1.807) is 11.4 Å². The van der Waals surface area contributed by atoms with E-state index in [-0.39, 0.29) is 9.10 Å². The van der Waals surface area contributed by atoms with Crippen LogP contribution < -0.4 is 14.8 Å². The summed E-state index contributed by atoms with van der Waals surface area (Å²) >= 11 is 1.11. The van der Waals surface area contributed by atoms with E-state index in [1.807, 2.05) is 32.0 Å². The highest BCUT2D eigenvalue weighted by Gasteiger charge is 2.18. The number of nitrogens with one attached hydrogen (secondary N) is 3. The van der Waals surface area contributed by atoms with Gasteiger partial charge in [0, 0.05) is 16.9 Å². The normalized spacial score (nSPS) is 11.6. The van der Waals surface area contributed by atoms with Crippen LogP contribution in [0.3, 0.4) is 0 Å². The van der Waals surface area contributed by atoms with Gasteiger partial charge in [0.05, 0.1) is 10.6 Å². The van der Waals surface area contributed by atoms with Crippen molar-refractivity contribution in [1.29, 1.82) is 0 Å². The maximum absolute atomic E-state index is 12.8. The van der Waals surface area contributed by atoms with Gasteiger partial charge in [-0.3, -0.25) is 14.2 Å². The average molecular weight is 542 g/mol. The minimum absolute atomic E-state index is 0.0607. The highest BCUT2D eigenvalue weighted by Crippen LogP contribution is 2.25. The summed E-state index contributed by atoms with van der Waals surface area (Å²) in [4.78, 5) is 12.7. The summed E-state index contributed by atoms with van der Waals surface area (Å²) in [5.74, 6) is -0.424. The predicted octanol–water partition coefficient (Wildman–Crippen LogP) is 5.22. The van der Waals surface area contributed by atoms with Crippen LogP contribution in [0.1, 0.15) is 21.5 Å². The van der Waals surface area contributed by atoms with Gasteiger partial charge in [-0.1, -0.05) is 24.3 Å². The molecule has 8 nitrogen and oxygen atoms in total. The van der Waals surface area contributed by atoms with E-state index < -0.39 is 26.0 Å². The monoisotopic (exact) mass is 541 g/mol. The van der Waals surface area contributed by atoms with Gasteiger partial charge in [0.1, 0.15) is 4.21 Å². The smallest absolute Gasteiger partial charge is 0.271 e. The number of para-hydroxylation sites is 1. The molecule has 1 amide bonds. The molecule has 0 spiro atoms. The van der Waals surface area contributed by atoms with Crippen molar-refractivity contribution in [2.75, 3.05) is 14.8 Å². The summed E-state index contributed by atoms with van der Waals surface area (Å²) in [5.41, 5.74) is 3.21. The van der Waals surface area contributed by atoms with Crippen molar-refractivity contribution in [1.82, 2.24) is 0 Å². The summed E-state index contributed by atoms with van der Waals surface area (Å²) in [6, 6.07) is 20.5. The Hall–Kier alpha value is -3.67. The second-order valence-electron chi connectivity index (χ2n) is 7.97. The Morgan fingerprint density at radius 3 is 1.89 bits per heavy atom. The zero-order valence-corrected chi connectivity index (χ0v) is 21.8. The van der Waals surface area contributed by atoms with Crippen molar-refractivity contribution in [3.05, 3.63) is 101 Å². The molecule has 36 heavy (non-hydrogen) atoms. The fraction of sp³-hybridized carbons (Fsp3) is 0.0800. The first-order chi connectivity index (χ1) is 17.0. The van der Waals surface area contributed by atoms with Crippen molar-refractivity contribution in [2.45, 2.75) is 23.0 Å². The Morgan fingerprint density at radius 2 is 1.31 bits per heavy atom. The van der Waals surface area contributed by atoms with Crippen LogP contribution in [0, 0.1) is 13.8 Å². The van der Waals surface area contributed by atoms with Crippen LogP contribution in [0.25, 0.3) is 0 Å². The van der Waals surface area contributed by atoms with Gasteiger partial charge in [-0.25, -0.2) is 16.8 Å². The first-order valence-electron chi connectivity index (χ1n) is 10.7. The van der Waals surface area contributed by atoms with Crippen LogP contribution in [0.15, 0.2) is 93.3 Å². The molecule has 0 aliphatic carbocycles. The lowest BCUT2D eigenvalue weighted by molar-refractivity contribution is 0.102. The number of rotatable bonds is 8. The second-order valence-corrected chi connectivity index (χ2v) is 12.5. The standard InChI is InChI=1S/C25H23N3O5S3/c1-17-5-3-6-18(2)24(17)28-35(30,31)22-14-12-20(13-15-22)26-25(29)19-8-10-21(11-9-19)27-36(32,33)23-7-4-16-34-23/h3-16,27-28H,1-2H3,(H,26,29). The van der Waals surface area contributed by atoms with Crippen molar-refractivity contribution in [2.24, 2.45) is 0 Å². The number of hydrogen-bond acceptors (Lipinski definition) is 6. The lowest BCUT2D eigenvalue weighted by Gasteiger charge is -2.13. The third-order valence-corrected chi connectivity index (χ3v) is 9.44. The van der Waals surface area contributed by atoms with Gasteiger partial charge in [0.15, 0.2) is 0 Å². The highest BCUT2D eigenvalue weighted by molar-refractivity contribution is 7.94. The molecule has 0 saturated carbocycles. The number of carbonyl (C=O) groups excluding carboxylic acids is 1. The summed E-state index contributed by atoms with van der Waals surface area (Å²) in [7, 11) is -7.49. The SMILES string of the molecule is Cc1cccc(C)c1NS(=O)(=O)c1ccc(NC(=O)c2ccc(NS(=O)(=O)c3cccs3)cc2)cc1. The molecule has 3 aromatic carbocycles. The number of carbonyl (C=O) groups is 1. The molecule has 1 heterocycles. The van der Waals surface area contributed by atoms with Crippen molar-refractivity contribution in [3.8, 4) is 0 Å². The molecule has 0 saturated heterocycles. The van der Waals surface area contributed by atoms with E-state index in [0.717, 1.165) is 22.5 Å². The minimum Gasteiger partial charge on any atom is -0.322 e. The molecule has 4 aromatic rings. The molecular formula is C25H23N3O5S3. The number of anilines is 3. The number of benzene rings is 3. The number of aryl methyl sites for hydroxylation is 2. The summed E-state index contributed by atoms with van der Waals surface area (Å²) in [6.07, 6.45) is 0. The van der Waals surface area contributed by atoms with Crippen LogP contribution in [0.2, 0.25) is 0 Å². The van der Waals surface area contributed by atoms with Gasteiger partial charge >= 0.3 is 0 Å². The first-order valence-corrected chi connectivity index (χ1v) is 14.6. The average Bonchev–Trinajstić information content (AvgIpc) is 3.38. The Morgan fingerprint density at radius 1 is 0.694 bits per heavy atom. The lowest BCUT2D eigenvalue weighted by atomic mass is 10.1. The van der Waals surface area contributed by atoms with E-state index in [2.05, 4.69) is 14.8 Å².